The Morgan fingerprint density at radius 2 is 1.72 bits per heavy atom. The maximum absolute atomic E-state index is 4.66. The van der Waals surface area contributed by atoms with Gasteiger partial charge in [-0.05, 0) is 18.6 Å². The van der Waals surface area contributed by atoms with Gasteiger partial charge in [-0.3, -0.25) is 4.99 Å². The van der Waals surface area contributed by atoms with Gasteiger partial charge in [0.2, 0.25) is 0 Å². The molecule has 0 bridgehead atoms. The summed E-state index contributed by atoms with van der Waals surface area (Å²) in [7, 11) is 0. The number of rotatable bonds is 2. The van der Waals surface area contributed by atoms with E-state index in [0.29, 0.717) is 0 Å². The summed E-state index contributed by atoms with van der Waals surface area (Å²) >= 11 is 0. The van der Waals surface area contributed by atoms with Gasteiger partial charge < -0.3 is 5.32 Å². The van der Waals surface area contributed by atoms with Crippen molar-refractivity contribution in [3.63, 3.8) is 0 Å². The molecule has 1 N–H and O–H groups in total. The van der Waals surface area contributed by atoms with E-state index in [9.17, 15) is 0 Å². The van der Waals surface area contributed by atoms with Crippen LogP contribution in [0.5, 0.6) is 0 Å². The molecule has 1 atom stereocenters. The molecule has 3 rings (SSSR count). The van der Waals surface area contributed by atoms with Crippen LogP contribution in [-0.4, -0.2) is 11.9 Å². The van der Waals surface area contributed by atoms with Crippen molar-refractivity contribution in [1.82, 2.24) is 0 Å². The van der Waals surface area contributed by atoms with Gasteiger partial charge in [0, 0.05) is 23.9 Å². The maximum Gasteiger partial charge on any atom is 0.130 e. The van der Waals surface area contributed by atoms with E-state index in [-0.39, 0.29) is 5.66 Å². The predicted octanol–water partition coefficient (Wildman–Crippen LogP) is 3.49. The lowest BCUT2D eigenvalue weighted by molar-refractivity contribution is 0.535. The van der Waals surface area contributed by atoms with Gasteiger partial charge in [0.25, 0.3) is 0 Å². The van der Waals surface area contributed by atoms with Gasteiger partial charge in [-0.15, -0.1) is 0 Å². The zero-order chi connectivity index (χ0) is 12.4. The van der Waals surface area contributed by atoms with Crippen LogP contribution in [0.2, 0.25) is 0 Å². The molecule has 0 fully saturated rings. The van der Waals surface area contributed by atoms with Crippen molar-refractivity contribution in [2.24, 2.45) is 4.99 Å². The summed E-state index contributed by atoms with van der Waals surface area (Å²) in [5.41, 5.74) is 3.35. The summed E-state index contributed by atoms with van der Waals surface area (Å²) < 4.78 is 0. The first-order chi connectivity index (χ1) is 8.75. The fourth-order valence-corrected chi connectivity index (χ4v) is 2.34. The number of para-hydroxylation sites is 1. The molecule has 18 heavy (non-hydrogen) atoms. The standard InChI is InChI=1S/C16H16N2/c1-16(11-13-7-3-2-4-8-13)17-12-14-9-5-6-10-15(14)18-16/h2-10,12,18H,11H2,1H3. The van der Waals surface area contributed by atoms with Crippen LogP contribution in [0.15, 0.2) is 59.6 Å². The van der Waals surface area contributed by atoms with Crippen molar-refractivity contribution in [2.75, 3.05) is 5.32 Å². The van der Waals surface area contributed by atoms with Crippen LogP contribution in [0.1, 0.15) is 18.1 Å². The molecule has 0 aromatic heterocycles. The number of nitrogens with zero attached hydrogens (tertiary/aromatic N) is 1. The van der Waals surface area contributed by atoms with E-state index in [4.69, 9.17) is 0 Å². The topological polar surface area (TPSA) is 24.4 Å². The second-order valence-electron chi connectivity index (χ2n) is 4.91. The molecule has 0 radical (unpaired) electrons. The second-order valence-corrected chi connectivity index (χ2v) is 4.91. The number of fused-ring (bicyclic) bond motifs is 1. The van der Waals surface area contributed by atoms with E-state index in [0.717, 1.165) is 17.7 Å². The fourth-order valence-electron chi connectivity index (χ4n) is 2.34. The van der Waals surface area contributed by atoms with Gasteiger partial charge in [0.15, 0.2) is 0 Å². The molecule has 0 amide bonds. The highest BCUT2D eigenvalue weighted by Crippen LogP contribution is 2.27. The Balaban J connectivity index is 1.86. The molecule has 2 nitrogen and oxygen atoms in total. The Kier molecular flexibility index (Phi) is 2.63. The van der Waals surface area contributed by atoms with Crippen LogP contribution in [0.4, 0.5) is 5.69 Å². The average Bonchev–Trinajstić information content (AvgIpc) is 2.39. The summed E-state index contributed by atoms with van der Waals surface area (Å²) in [6.07, 6.45) is 2.85. The second kappa shape index (κ2) is 4.30. The van der Waals surface area contributed by atoms with E-state index in [2.05, 4.69) is 53.6 Å². The Morgan fingerprint density at radius 3 is 2.56 bits per heavy atom. The monoisotopic (exact) mass is 236 g/mol. The largest absolute Gasteiger partial charge is 0.361 e. The number of hydrogen-bond donors (Lipinski definition) is 1. The molecule has 2 heteroatoms. The number of nitrogens with one attached hydrogen (secondary N) is 1. The smallest absolute Gasteiger partial charge is 0.130 e. The minimum absolute atomic E-state index is 0.254. The highest BCUT2D eigenvalue weighted by Gasteiger charge is 2.26. The zero-order valence-corrected chi connectivity index (χ0v) is 10.4. The minimum atomic E-state index is -0.254. The van der Waals surface area contributed by atoms with Crippen molar-refractivity contribution in [2.45, 2.75) is 19.0 Å². The van der Waals surface area contributed by atoms with Crippen molar-refractivity contribution in [3.05, 3.63) is 65.7 Å². The number of anilines is 1. The molecule has 2 aromatic rings. The summed E-state index contributed by atoms with van der Waals surface area (Å²) in [5, 5.41) is 3.52. The molecule has 0 saturated carbocycles. The molecule has 2 aromatic carbocycles. The molecule has 0 spiro atoms. The lowest BCUT2D eigenvalue weighted by Crippen LogP contribution is -2.37. The van der Waals surface area contributed by atoms with Crippen molar-refractivity contribution >= 4 is 11.9 Å². The molecular weight excluding hydrogens is 220 g/mol. The van der Waals surface area contributed by atoms with Gasteiger partial charge in [-0.1, -0.05) is 48.5 Å². The highest BCUT2D eigenvalue weighted by molar-refractivity contribution is 5.90. The van der Waals surface area contributed by atoms with Gasteiger partial charge >= 0.3 is 0 Å². The SMILES string of the molecule is CC1(Cc2ccccc2)N=Cc2ccccc2N1. The number of benzene rings is 2. The molecule has 1 heterocycles. The van der Waals surface area contributed by atoms with Crippen LogP contribution in [-0.2, 0) is 6.42 Å². The van der Waals surface area contributed by atoms with Crippen LogP contribution >= 0.6 is 0 Å². The van der Waals surface area contributed by atoms with E-state index in [1.807, 2.05) is 24.4 Å². The van der Waals surface area contributed by atoms with Gasteiger partial charge in [-0.25, -0.2) is 0 Å². The number of aliphatic imine (C=N–C) groups is 1. The van der Waals surface area contributed by atoms with Crippen LogP contribution in [0.3, 0.4) is 0 Å². The van der Waals surface area contributed by atoms with E-state index >= 15 is 0 Å². The lowest BCUT2D eigenvalue weighted by atomic mass is 9.99. The Bertz CT molecular complexity index is 575. The Hall–Kier alpha value is -2.09. The summed E-state index contributed by atoms with van der Waals surface area (Å²) in [6.45, 7) is 2.13. The van der Waals surface area contributed by atoms with Crippen LogP contribution < -0.4 is 5.32 Å². The summed E-state index contributed by atoms with van der Waals surface area (Å²) in [6, 6.07) is 18.7. The predicted molar refractivity (Wildman–Crippen MR) is 76.2 cm³/mol. The van der Waals surface area contributed by atoms with Gasteiger partial charge in [-0.2, -0.15) is 0 Å². The molecule has 1 unspecified atom stereocenters. The molecular formula is C16H16N2. The van der Waals surface area contributed by atoms with Crippen molar-refractivity contribution < 1.29 is 0 Å². The third kappa shape index (κ3) is 2.14. The summed E-state index contributed by atoms with van der Waals surface area (Å²) in [5.74, 6) is 0. The lowest BCUT2D eigenvalue weighted by Gasteiger charge is -2.32. The minimum Gasteiger partial charge on any atom is -0.361 e. The van der Waals surface area contributed by atoms with Gasteiger partial charge in [0.05, 0.1) is 0 Å². The van der Waals surface area contributed by atoms with E-state index < -0.39 is 0 Å². The first-order valence-electron chi connectivity index (χ1n) is 6.22. The molecule has 90 valence electrons. The molecule has 1 aliphatic rings. The van der Waals surface area contributed by atoms with Crippen molar-refractivity contribution in [3.8, 4) is 0 Å². The first-order valence-corrected chi connectivity index (χ1v) is 6.22. The Morgan fingerprint density at radius 1 is 1.00 bits per heavy atom. The third-order valence-corrected chi connectivity index (χ3v) is 3.24. The maximum atomic E-state index is 4.66. The van der Waals surface area contributed by atoms with Crippen LogP contribution in [0, 0.1) is 0 Å². The first kappa shape index (κ1) is 11.0. The Labute approximate surface area is 107 Å². The quantitative estimate of drug-likeness (QED) is 0.848. The van der Waals surface area contributed by atoms with Crippen LogP contribution in [0.25, 0.3) is 0 Å². The van der Waals surface area contributed by atoms with E-state index in [1.54, 1.807) is 0 Å². The summed E-state index contributed by atoms with van der Waals surface area (Å²) in [4.78, 5) is 4.66. The number of hydrogen-bond acceptors (Lipinski definition) is 2. The van der Waals surface area contributed by atoms with Gasteiger partial charge in [0.1, 0.15) is 5.66 Å². The van der Waals surface area contributed by atoms with E-state index in [1.165, 1.54) is 5.56 Å². The normalized spacial score (nSPS) is 21.2. The molecule has 1 aliphatic heterocycles. The molecule has 0 aliphatic carbocycles. The molecule has 0 saturated heterocycles. The van der Waals surface area contributed by atoms with Crippen molar-refractivity contribution in [1.29, 1.82) is 0 Å². The third-order valence-electron chi connectivity index (χ3n) is 3.24. The zero-order valence-electron chi connectivity index (χ0n) is 10.4. The fraction of sp³-hybridized carbons (Fsp3) is 0.188. The average molecular weight is 236 g/mol. The highest BCUT2D eigenvalue weighted by atomic mass is 15.1.